The number of amides is 2. The molecule has 0 unspecified atom stereocenters. The van der Waals surface area contributed by atoms with Crippen LogP contribution in [0.4, 0.5) is 5.69 Å². The van der Waals surface area contributed by atoms with Gasteiger partial charge in [-0.25, -0.2) is 0 Å². The average Bonchev–Trinajstić information content (AvgIpc) is 2.65. The number of benzene rings is 2. The minimum atomic E-state index is -0.334. The smallest absolute Gasteiger partial charge is 0.243 e. The van der Waals surface area contributed by atoms with Crippen LogP contribution in [0.2, 0.25) is 0 Å². The summed E-state index contributed by atoms with van der Waals surface area (Å²) in [6.07, 6.45) is 0.970. The first kappa shape index (κ1) is 18.3. The third-order valence-corrected chi connectivity index (χ3v) is 3.61. The van der Waals surface area contributed by atoms with E-state index in [1.807, 2.05) is 30.3 Å². The molecule has 2 aromatic carbocycles. The molecule has 0 atom stereocenters. The summed E-state index contributed by atoms with van der Waals surface area (Å²) in [5.41, 5.74) is 1.58. The zero-order valence-corrected chi connectivity index (χ0v) is 14.4. The zero-order chi connectivity index (χ0) is 18.1. The Morgan fingerprint density at radius 2 is 1.72 bits per heavy atom. The van der Waals surface area contributed by atoms with Gasteiger partial charge in [-0.3, -0.25) is 9.59 Å². The first-order valence-electron chi connectivity index (χ1n) is 7.95. The second kappa shape index (κ2) is 9.32. The number of ether oxygens (including phenoxy) is 2. The van der Waals surface area contributed by atoms with Crippen molar-refractivity contribution < 1.29 is 19.1 Å². The van der Waals surface area contributed by atoms with Gasteiger partial charge in [0.05, 0.1) is 26.5 Å². The van der Waals surface area contributed by atoms with Gasteiger partial charge in [0.1, 0.15) is 11.5 Å². The van der Waals surface area contributed by atoms with Crippen molar-refractivity contribution in [2.24, 2.45) is 0 Å². The number of anilines is 1. The van der Waals surface area contributed by atoms with Gasteiger partial charge in [-0.05, 0) is 24.1 Å². The Morgan fingerprint density at radius 1 is 0.960 bits per heavy atom. The highest BCUT2D eigenvalue weighted by Crippen LogP contribution is 2.28. The fourth-order valence-electron chi connectivity index (χ4n) is 2.28. The predicted octanol–water partition coefficient (Wildman–Crippen LogP) is 2.39. The monoisotopic (exact) mass is 342 g/mol. The molecule has 0 spiro atoms. The van der Waals surface area contributed by atoms with Crippen LogP contribution in [0, 0.1) is 0 Å². The number of hydrogen-bond donors (Lipinski definition) is 2. The average molecular weight is 342 g/mol. The number of rotatable bonds is 8. The largest absolute Gasteiger partial charge is 0.497 e. The molecule has 0 aliphatic rings. The lowest BCUT2D eigenvalue weighted by molar-refractivity contribution is -0.124. The van der Waals surface area contributed by atoms with Gasteiger partial charge in [0, 0.05) is 12.5 Å². The Bertz CT molecular complexity index is 717. The van der Waals surface area contributed by atoms with E-state index in [1.54, 1.807) is 25.3 Å². The van der Waals surface area contributed by atoms with Crippen LogP contribution >= 0.6 is 0 Å². The molecule has 0 aliphatic heterocycles. The molecule has 0 saturated carbocycles. The molecule has 6 heteroatoms. The molecule has 0 aromatic heterocycles. The lowest BCUT2D eigenvalue weighted by Crippen LogP contribution is -2.33. The SMILES string of the molecule is COc1ccc(OC)c(NC(=O)CNC(=O)CCc2ccccc2)c1. The van der Waals surface area contributed by atoms with E-state index in [-0.39, 0.29) is 18.4 Å². The topological polar surface area (TPSA) is 76.7 Å². The van der Waals surface area contributed by atoms with E-state index in [1.165, 1.54) is 7.11 Å². The Balaban J connectivity index is 1.81. The van der Waals surface area contributed by atoms with Crippen LogP contribution in [0.1, 0.15) is 12.0 Å². The summed E-state index contributed by atoms with van der Waals surface area (Å²) in [5.74, 6) is 0.615. The normalized spacial score (nSPS) is 10.0. The van der Waals surface area contributed by atoms with Gasteiger partial charge in [-0.2, -0.15) is 0 Å². The van der Waals surface area contributed by atoms with Crippen molar-refractivity contribution in [3.05, 3.63) is 54.1 Å². The van der Waals surface area contributed by atoms with Gasteiger partial charge in [0.25, 0.3) is 0 Å². The fraction of sp³-hybridized carbons (Fsp3) is 0.263. The molecule has 132 valence electrons. The molecule has 0 bridgehead atoms. The van der Waals surface area contributed by atoms with Gasteiger partial charge in [-0.1, -0.05) is 30.3 Å². The molecular formula is C19H22N2O4. The van der Waals surface area contributed by atoms with Crippen LogP contribution in [-0.4, -0.2) is 32.6 Å². The zero-order valence-electron chi connectivity index (χ0n) is 14.4. The van der Waals surface area contributed by atoms with Crippen LogP contribution in [0.15, 0.2) is 48.5 Å². The Kier molecular flexibility index (Phi) is 6.83. The maximum atomic E-state index is 12.0. The molecule has 0 fully saturated rings. The van der Waals surface area contributed by atoms with Gasteiger partial charge in [-0.15, -0.1) is 0 Å². The lowest BCUT2D eigenvalue weighted by atomic mass is 10.1. The van der Waals surface area contributed by atoms with Crippen molar-refractivity contribution in [3.63, 3.8) is 0 Å². The molecule has 2 N–H and O–H groups in total. The summed E-state index contributed by atoms with van der Waals surface area (Å²) in [4.78, 5) is 23.9. The summed E-state index contributed by atoms with van der Waals surface area (Å²) in [6, 6.07) is 14.8. The first-order chi connectivity index (χ1) is 12.1. The first-order valence-corrected chi connectivity index (χ1v) is 7.95. The lowest BCUT2D eigenvalue weighted by Gasteiger charge is -2.12. The molecule has 2 amide bonds. The second-order valence-electron chi connectivity index (χ2n) is 5.38. The Hall–Kier alpha value is -3.02. The number of nitrogens with one attached hydrogen (secondary N) is 2. The minimum absolute atomic E-state index is 0.103. The standard InChI is InChI=1S/C19H22N2O4/c1-24-15-9-10-17(25-2)16(12-15)21-19(23)13-20-18(22)11-8-14-6-4-3-5-7-14/h3-7,9-10,12H,8,11,13H2,1-2H3,(H,20,22)(H,21,23). The van der Waals surface area contributed by atoms with E-state index in [0.29, 0.717) is 30.0 Å². The van der Waals surface area contributed by atoms with Crippen molar-refractivity contribution in [3.8, 4) is 11.5 Å². The van der Waals surface area contributed by atoms with Gasteiger partial charge < -0.3 is 20.1 Å². The fourth-order valence-corrected chi connectivity index (χ4v) is 2.28. The highest BCUT2D eigenvalue weighted by molar-refractivity contribution is 5.95. The number of carbonyl (C=O) groups is 2. The predicted molar refractivity (Wildman–Crippen MR) is 95.9 cm³/mol. The van der Waals surface area contributed by atoms with Crippen LogP contribution < -0.4 is 20.1 Å². The molecule has 0 heterocycles. The van der Waals surface area contributed by atoms with E-state index >= 15 is 0 Å². The minimum Gasteiger partial charge on any atom is -0.497 e. The maximum absolute atomic E-state index is 12.0. The third-order valence-electron chi connectivity index (χ3n) is 3.61. The molecule has 25 heavy (non-hydrogen) atoms. The highest BCUT2D eigenvalue weighted by Gasteiger charge is 2.10. The van der Waals surface area contributed by atoms with E-state index in [2.05, 4.69) is 10.6 Å². The van der Waals surface area contributed by atoms with Crippen molar-refractivity contribution in [2.45, 2.75) is 12.8 Å². The van der Waals surface area contributed by atoms with Crippen molar-refractivity contribution in [2.75, 3.05) is 26.1 Å². The van der Waals surface area contributed by atoms with E-state index in [4.69, 9.17) is 9.47 Å². The second-order valence-corrected chi connectivity index (χ2v) is 5.38. The van der Waals surface area contributed by atoms with Crippen molar-refractivity contribution in [1.82, 2.24) is 5.32 Å². The molecule has 0 aliphatic carbocycles. The number of hydrogen-bond acceptors (Lipinski definition) is 4. The summed E-state index contributed by atoms with van der Waals surface area (Å²) in [5, 5.41) is 5.32. The summed E-state index contributed by atoms with van der Waals surface area (Å²) >= 11 is 0. The molecule has 0 radical (unpaired) electrons. The van der Waals surface area contributed by atoms with Gasteiger partial charge in [0.15, 0.2) is 0 Å². The highest BCUT2D eigenvalue weighted by atomic mass is 16.5. The molecule has 2 rings (SSSR count). The van der Waals surface area contributed by atoms with Crippen LogP contribution in [-0.2, 0) is 16.0 Å². The molecule has 0 saturated heterocycles. The third kappa shape index (κ3) is 5.84. The van der Waals surface area contributed by atoms with Crippen LogP contribution in [0.5, 0.6) is 11.5 Å². The van der Waals surface area contributed by atoms with Crippen LogP contribution in [0.3, 0.4) is 0 Å². The number of carbonyl (C=O) groups excluding carboxylic acids is 2. The molecule has 2 aromatic rings. The van der Waals surface area contributed by atoms with E-state index < -0.39 is 0 Å². The maximum Gasteiger partial charge on any atom is 0.243 e. The van der Waals surface area contributed by atoms with Crippen molar-refractivity contribution in [1.29, 1.82) is 0 Å². The van der Waals surface area contributed by atoms with E-state index in [0.717, 1.165) is 5.56 Å². The summed E-state index contributed by atoms with van der Waals surface area (Å²) in [6.45, 7) is -0.103. The Morgan fingerprint density at radius 3 is 2.40 bits per heavy atom. The van der Waals surface area contributed by atoms with Gasteiger partial charge in [0.2, 0.25) is 11.8 Å². The van der Waals surface area contributed by atoms with Crippen LogP contribution in [0.25, 0.3) is 0 Å². The quantitative estimate of drug-likeness (QED) is 0.772. The molecular weight excluding hydrogens is 320 g/mol. The summed E-state index contributed by atoms with van der Waals surface area (Å²) in [7, 11) is 3.06. The molecule has 6 nitrogen and oxygen atoms in total. The van der Waals surface area contributed by atoms with E-state index in [9.17, 15) is 9.59 Å². The number of methoxy groups -OCH3 is 2. The van der Waals surface area contributed by atoms with Gasteiger partial charge >= 0.3 is 0 Å². The van der Waals surface area contributed by atoms with Crippen molar-refractivity contribution >= 4 is 17.5 Å². The number of aryl methyl sites for hydroxylation is 1. The Labute approximate surface area is 147 Å². The summed E-state index contributed by atoms with van der Waals surface area (Å²) < 4.78 is 10.3.